The van der Waals surface area contributed by atoms with Gasteiger partial charge < -0.3 is 9.84 Å². The van der Waals surface area contributed by atoms with Crippen molar-refractivity contribution in [1.29, 1.82) is 0 Å². The molecular weight excluding hydrogens is 196 g/mol. The minimum Gasteiger partial charge on any atom is -0.478 e. The van der Waals surface area contributed by atoms with Crippen molar-refractivity contribution in [2.24, 2.45) is 0 Å². The average molecular weight is 208 g/mol. The maximum atomic E-state index is 11.3. The van der Waals surface area contributed by atoms with E-state index < -0.39 is 5.97 Å². The number of carbonyl (C=O) groups is 2. The first kappa shape index (κ1) is 9.96. The molecule has 2 rings (SSSR count). The molecule has 1 aliphatic carbocycles. The highest BCUT2D eigenvalue weighted by atomic mass is 16.5. The van der Waals surface area contributed by atoms with Crippen molar-refractivity contribution >= 4 is 11.9 Å². The molecule has 0 saturated heterocycles. The van der Waals surface area contributed by atoms with Crippen LogP contribution < -0.4 is 0 Å². The predicted molar refractivity (Wildman–Crippen MR) is 52.2 cm³/mol. The van der Waals surface area contributed by atoms with E-state index in [0.29, 0.717) is 24.0 Å². The quantitative estimate of drug-likeness (QED) is 0.662. The van der Waals surface area contributed by atoms with Gasteiger partial charge in [0.1, 0.15) is 6.61 Å². The average Bonchev–Trinajstić information content (AvgIpc) is 2.45. The Labute approximate surface area is 87.2 Å². The second-order valence-corrected chi connectivity index (χ2v) is 3.76. The van der Waals surface area contributed by atoms with Crippen LogP contribution in [-0.4, -0.2) is 23.7 Å². The first-order chi connectivity index (χ1) is 7.18. The molecule has 2 aliphatic rings. The summed E-state index contributed by atoms with van der Waals surface area (Å²) < 4.78 is 4.89. The standard InChI is InChI=1S/C11H12O4/c12-10(13)7-3-1-2-4-9-8(5-7)6-15-11(9)14/h5H,1-4,6H2,(H,12,13)/b7-5+. The molecule has 0 bridgehead atoms. The molecule has 1 heterocycles. The highest BCUT2D eigenvalue weighted by Crippen LogP contribution is 2.27. The summed E-state index contributed by atoms with van der Waals surface area (Å²) in [6, 6.07) is 0. The van der Waals surface area contributed by atoms with Crippen molar-refractivity contribution in [2.75, 3.05) is 6.61 Å². The summed E-state index contributed by atoms with van der Waals surface area (Å²) in [6.45, 7) is 0.227. The van der Waals surface area contributed by atoms with Crippen molar-refractivity contribution in [3.05, 3.63) is 22.8 Å². The molecule has 0 unspecified atom stereocenters. The normalized spacial score (nSPS) is 24.8. The Morgan fingerprint density at radius 3 is 2.80 bits per heavy atom. The van der Waals surface area contributed by atoms with E-state index in [4.69, 9.17) is 9.84 Å². The lowest BCUT2D eigenvalue weighted by Crippen LogP contribution is -2.05. The van der Waals surface area contributed by atoms with Gasteiger partial charge in [0.15, 0.2) is 0 Å². The van der Waals surface area contributed by atoms with Crippen molar-refractivity contribution in [3.8, 4) is 0 Å². The molecule has 0 radical (unpaired) electrons. The summed E-state index contributed by atoms with van der Waals surface area (Å²) in [5.41, 5.74) is 1.78. The molecule has 0 aromatic heterocycles. The van der Waals surface area contributed by atoms with Crippen LogP contribution in [0, 0.1) is 0 Å². The van der Waals surface area contributed by atoms with Gasteiger partial charge in [0.05, 0.1) is 0 Å². The Bertz CT molecular complexity index is 376. The van der Waals surface area contributed by atoms with E-state index in [9.17, 15) is 9.59 Å². The Kier molecular flexibility index (Phi) is 2.58. The van der Waals surface area contributed by atoms with Gasteiger partial charge in [-0.1, -0.05) is 0 Å². The van der Waals surface area contributed by atoms with Gasteiger partial charge >= 0.3 is 11.9 Å². The van der Waals surface area contributed by atoms with E-state index >= 15 is 0 Å². The Morgan fingerprint density at radius 1 is 1.33 bits per heavy atom. The maximum Gasteiger partial charge on any atom is 0.334 e. The van der Waals surface area contributed by atoms with Crippen LogP contribution in [0.3, 0.4) is 0 Å². The minimum atomic E-state index is -0.900. The number of esters is 1. The lowest BCUT2D eigenvalue weighted by molar-refractivity contribution is -0.136. The number of cyclic esters (lactones) is 1. The lowest BCUT2D eigenvalue weighted by Gasteiger charge is -2.07. The zero-order valence-corrected chi connectivity index (χ0v) is 8.28. The van der Waals surface area contributed by atoms with Crippen LogP contribution in [0.1, 0.15) is 25.7 Å². The SMILES string of the molecule is O=C1OCC2=C1CCCC/C(C(=O)O)=C\2. The second-order valence-electron chi connectivity index (χ2n) is 3.76. The van der Waals surface area contributed by atoms with E-state index in [1.165, 1.54) is 0 Å². The van der Waals surface area contributed by atoms with Crippen LogP contribution >= 0.6 is 0 Å². The molecule has 0 saturated carbocycles. The number of ether oxygens (including phenoxy) is 1. The van der Waals surface area contributed by atoms with Crippen molar-refractivity contribution in [3.63, 3.8) is 0 Å². The van der Waals surface area contributed by atoms with Gasteiger partial charge in [-0.2, -0.15) is 0 Å². The fraction of sp³-hybridized carbons (Fsp3) is 0.455. The zero-order chi connectivity index (χ0) is 10.8. The summed E-state index contributed by atoms with van der Waals surface area (Å²) in [4.78, 5) is 22.2. The van der Waals surface area contributed by atoms with Gasteiger partial charge in [0.2, 0.25) is 0 Å². The van der Waals surface area contributed by atoms with Crippen LogP contribution in [0.5, 0.6) is 0 Å². The molecule has 0 aromatic carbocycles. The van der Waals surface area contributed by atoms with Gasteiger partial charge in [-0.05, 0) is 31.8 Å². The highest BCUT2D eigenvalue weighted by molar-refractivity contribution is 5.94. The Hall–Kier alpha value is -1.58. The third-order valence-corrected chi connectivity index (χ3v) is 2.74. The number of rotatable bonds is 1. The molecule has 1 aliphatic heterocycles. The smallest absolute Gasteiger partial charge is 0.334 e. The largest absolute Gasteiger partial charge is 0.478 e. The summed E-state index contributed by atoms with van der Waals surface area (Å²) in [5, 5.41) is 8.92. The van der Waals surface area contributed by atoms with E-state index in [2.05, 4.69) is 0 Å². The van der Waals surface area contributed by atoms with Gasteiger partial charge in [-0.25, -0.2) is 9.59 Å². The van der Waals surface area contributed by atoms with Crippen molar-refractivity contribution < 1.29 is 19.4 Å². The van der Waals surface area contributed by atoms with Gasteiger partial charge in [0, 0.05) is 16.7 Å². The first-order valence-electron chi connectivity index (χ1n) is 5.01. The van der Waals surface area contributed by atoms with Crippen LogP contribution in [0.2, 0.25) is 0 Å². The number of hydrogen-bond donors (Lipinski definition) is 1. The number of carboxylic acids is 1. The maximum absolute atomic E-state index is 11.3. The fourth-order valence-corrected chi connectivity index (χ4v) is 1.91. The van der Waals surface area contributed by atoms with E-state index in [-0.39, 0.29) is 12.6 Å². The predicted octanol–water partition coefficient (Wildman–Crippen LogP) is 1.42. The van der Waals surface area contributed by atoms with E-state index in [1.54, 1.807) is 6.08 Å². The van der Waals surface area contributed by atoms with E-state index in [1.807, 2.05) is 0 Å². The Balaban J connectivity index is 2.36. The van der Waals surface area contributed by atoms with Crippen LogP contribution in [0.4, 0.5) is 0 Å². The zero-order valence-electron chi connectivity index (χ0n) is 8.28. The molecular formula is C11H12O4. The molecule has 1 N–H and O–H groups in total. The number of carbonyl (C=O) groups excluding carboxylic acids is 1. The second kappa shape index (κ2) is 3.88. The molecule has 4 nitrogen and oxygen atoms in total. The van der Waals surface area contributed by atoms with Crippen LogP contribution in [0.15, 0.2) is 22.8 Å². The molecule has 0 amide bonds. The molecule has 0 atom stereocenters. The summed E-state index contributed by atoms with van der Waals surface area (Å²) in [7, 11) is 0. The Morgan fingerprint density at radius 2 is 2.07 bits per heavy atom. The van der Waals surface area contributed by atoms with E-state index in [0.717, 1.165) is 18.4 Å². The monoisotopic (exact) mass is 208 g/mol. The molecule has 0 aromatic rings. The lowest BCUT2D eigenvalue weighted by atomic mass is 9.95. The molecule has 4 heteroatoms. The molecule has 15 heavy (non-hydrogen) atoms. The fourth-order valence-electron chi connectivity index (χ4n) is 1.91. The highest BCUT2D eigenvalue weighted by Gasteiger charge is 2.25. The molecule has 0 fully saturated rings. The number of hydrogen-bond acceptors (Lipinski definition) is 3. The number of aliphatic carboxylic acids is 1. The summed E-state index contributed by atoms with van der Waals surface area (Å²) >= 11 is 0. The summed E-state index contributed by atoms with van der Waals surface area (Å²) in [6.07, 6.45) is 4.53. The van der Waals surface area contributed by atoms with Crippen molar-refractivity contribution in [2.45, 2.75) is 25.7 Å². The van der Waals surface area contributed by atoms with Gasteiger partial charge in [0.25, 0.3) is 0 Å². The molecule has 0 spiro atoms. The first-order valence-corrected chi connectivity index (χ1v) is 5.01. The van der Waals surface area contributed by atoms with Gasteiger partial charge in [-0.15, -0.1) is 0 Å². The van der Waals surface area contributed by atoms with Gasteiger partial charge in [-0.3, -0.25) is 0 Å². The third-order valence-electron chi connectivity index (χ3n) is 2.74. The number of carboxylic acid groups (broad SMARTS) is 1. The minimum absolute atomic E-state index is 0.227. The van der Waals surface area contributed by atoms with Crippen molar-refractivity contribution in [1.82, 2.24) is 0 Å². The topological polar surface area (TPSA) is 63.6 Å². The molecule has 80 valence electrons. The van der Waals surface area contributed by atoms with Crippen LogP contribution in [0.25, 0.3) is 0 Å². The summed E-state index contributed by atoms with van der Waals surface area (Å²) in [5.74, 6) is -1.18. The third kappa shape index (κ3) is 1.93. The van der Waals surface area contributed by atoms with Crippen LogP contribution in [-0.2, 0) is 14.3 Å².